The van der Waals surface area contributed by atoms with Crippen LogP contribution in [0.4, 0.5) is 0 Å². The van der Waals surface area contributed by atoms with E-state index in [1.807, 2.05) is 13.8 Å². The van der Waals surface area contributed by atoms with Crippen LogP contribution in [0.1, 0.15) is 53.4 Å². The van der Waals surface area contributed by atoms with E-state index in [1.165, 1.54) is 12.8 Å². The normalized spacial score (nSPS) is 17.1. The lowest BCUT2D eigenvalue weighted by molar-refractivity contribution is -0.153. The largest absolute Gasteiger partial charge is 0.480 e. The highest BCUT2D eigenvalue weighted by Gasteiger charge is 2.47. The fourth-order valence-corrected chi connectivity index (χ4v) is 2.53. The lowest BCUT2D eigenvalue weighted by Crippen LogP contribution is -2.56. The maximum Gasteiger partial charge on any atom is 0.324 e. The molecule has 3 heteroatoms. The van der Waals surface area contributed by atoms with Crippen LogP contribution in [0.25, 0.3) is 0 Å². The summed E-state index contributed by atoms with van der Waals surface area (Å²) in [5.74, 6) is -0.123. The number of rotatable bonds is 7. The average Bonchev–Trinajstić information content (AvgIpc) is 3.01. The molecule has 1 aliphatic rings. The molecule has 0 aromatic rings. The summed E-state index contributed by atoms with van der Waals surface area (Å²) in [6.45, 7) is 9.21. The summed E-state index contributed by atoms with van der Waals surface area (Å²) in [7, 11) is 0. The third-order valence-electron chi connectivity index (χ3n) is 3.67. The zero-order valence-electron chi connectivity index (χ0n) is 11.0. The van der Waals surface area contributed by atoms with Gasteiger partial charge in [-0.1, -0.05) is 27.7 Å². The monoisotopic (exact) mass is 227 g/mol. The summed E-state index contributed by atoms with van der Waals surface area (Å²) in [6, 6.07) is 0.512. The number of carboxylic acids is 1. The molecule has 1 rings (SSSR count). The van der Waals surface area contributed by atoms with E-state index in [-0.39, 0.29) is 0 Å². The van der Waals surface area contributed by atoms with Crippen molar-refractivity contribution < 1.29 is 9.90 Å². The Balaban J connectivity index is 2.90. The van der Waals surface area contributed by atoms with Crippen molar-refractivity contribution >= 4 is 5.97 Å². The van der Waals surface area contributed by atoms with Gasteiger partial charge in [-0.2, -0.15) is 0 Å². The first kappa shape index (κ1) is 13.5. The highest BCUT2D eigenvalue weighted by molar-refractivity contribution is 5.78. The molecule has 0 aromatic heterocycles. The van der Waals surface area contributed by atoms with Crippen molar-refractivity contribution in [1.29, 1.82) is 0 Å². The fraction of sp³-hybridized carbons (Fsp3) is 0.923. The zero-order valence-corrected chi connectivity index (χ0v) is 11.0. The smallest absolute Gasteiger partial charge is 0.324 e. The standard InChI is InChI=1S/C13H25NO2/c1-5-13(6-2,12(15)16)14(9-10(3)4)11-7-8-11/h10-11H,5-9H2,1-4H3,(H,15,16). The van der Waals surface area contributed by atoms with Crippen LogP contribution in [0.15, 0.2) is 0 Å². The van der Waals surface area contributed by atoms with Gasteiger partial charge >= 0.3 is 5.97 Å². The molecule has 94 valence electrons. The van der Waals surface area contributed by atoms with E-state index in [9.17, 15) is 9.90 Å². The molecule has 16 heavy (non-hydrogen) atoms. The maximum absolute atomic E-state index is 11.6. The molecule has 1 fully saturated rings. The molecule has 0 atom stereocenters. The number of carboxylic acid groups (broad SMARTS) is 1. The van der Waals surface area contributed by atoms with Crippen molar-refractivity contribution in [2.45, 2.75) is 65.0 Å². The molecule has 0 bridgehead atoms. The fourth-order valence-electron chi connectivity index (χ4n) is 2.53. The number of carbonyl (C=O) groups is 1. The van der Waals surface area contributed by atoms with Gasteiger partial charge in [-0.25, -0.2) is 0 Å². The van der Waals surface area contributed by atoms with Gasteiger partial charge in [0.1, 0.15) is 5.54 Å². The zero-order chi connectivity index (χ0) is 12.3. The van der Waals surface area contributed by atoms with E-state index in [4.69, 9.17) is 0 Å². The first-order valence-corrected chi connectivity index (χ1v) is 6.48. The molecule has 0 aromatic carbocycles. The van der Waals surface area contributed by atoms with E-state index < -0.39 is 11.5 Å². The molecule has 0 saturated heterocycles. The summed E-state index contributed by atoms with van der Waals surface area (Å²) < 4.78 is 0. The summed E-state index contributed by atoms with van der Waals surface area (Å²) in [5.41, 5.74) is -0.633. The third-order valence-corrected chi connectivity index (χ3v) is 3.67. The minimum absolute atomic E-state index is 0.512. The van der Waals surface area contributed by atoms with Gasteiger partial charge in [-0.05, 0) is 31.6 Å². The Morgan fingerprint density at radius 2 is 1.88 bits per heavy atom. The second-order valence-electron chi connectivity index (χ2n) is 5.32. The maximum atomic E-state index is 11.6. The van der Waals surface area contributed by atoms with Gasteiger partial charge in [-0.3, -0.25) is 9.69 Å². The van der Waals surface area contributed by atoms with Crippen LogP contribution in [-0.2, 0) is 4.79 Å². The highest BCUT2D eigenvalue weighted by atomic mass is 16.4. The molecule has 1 saturated carbocycles. The third kappa shape index (κ3) is 2.57. The molecule has 0 amide bonds. The van der Waals surface area contributed by atoms with E-state index in [0.29, 0.717) is 24.8 Å². The lowest BCUT2D eigenvalue weighted by atomic mass is 9.89. The summed E-state index contributed by atoms with van der Waals surface area (Å²) in [6.07, 6.45) is 3.73. The molecule has 1 N–H and O–H groups in total. The SMILES string of the molecule is CCC(CC)(C(=O)O)N(CC(C)C)C1CC1. The first-order valence-electron chi connectivity index (χ1n) is 6.48. The number of aliphatic carboxylic acids is 1. The lowest BCUT2D eigenvalue weighted by Gasteiger charge is -2.41. The molecule has 0 heterocycles. The predicted molar refractivity (Wildman–Crippen MR) is 65.5 cm³/mol. The van der Waals surface area contributed by atoms with Gasteiger partial charge in [-0.15, -0.1) is 0 Å². The minimum Gasteiger partial charge on any atom is -0.480 e. The average molecular weight is 227 g/mol. The van der Waals surface area contributed by atoms with E-state index >= 15 is 0 Å². The van der Waals surface area contributed by atoms with Crippen molar-refractivity contribution in [3.8, 4) is 0 Å². The van der Waals surface area contributed by atoms with Gasteiger partial charge < -0.3 is 5.11 Å². The number of nitrogens with zero attached hydrogens (tertiary/aromatic N) is 1. The number of hydrogen-bond donors (Lipinski definition) is 1. The highest BCUT2D eigenvalue weighted by Crippen LogP contribution is 2.37. The van der Waals surface area contributed by atoms with E-state index in [0.717, 1.165) is 6.54 Å². The van der Waals surface area contributed by atoms with Crippen molar-refractivity contribution in [3.05, 3.63) is 0 Å². The van der Waals surface area contributed by atoms with Gasteiger partial charge in [0.05, 0.1) is 0 Å². The van der Waals surface area contributed by atoms with Gasteiger partial charge in [0.15, 0.2) is 0 Å². The van der Waals surface area contributed by atoms with Crippen molar-refractivity contribution in [2.75, 3.05) is 6.54 Å². The summed E-state index contributed by atoms with van der Waals surface area (Å²) in [5, 5.41) is 9.54. The molecule has 3 nitrogen and oxygen atoms in total. The number of hydrogen-bond acceptors (Lipinski definition) is 2. The van der Waals surface area contributed by atoms with Crippen LogP contribution in [0.5, 0.6) is 0 Å². The van der Waals surface area contributed by atoms with Gasteiger partial charge in [0, 0.05) is 12.6 Å². The molecule has 0 unspecified atom stereocenters. The molecular weight excluding hydrogens is 202 g/mol. The molecular formula is C13H25NO2. The van der Waals surface area contributed by atoms with Crippen LogP contribution in [0.2, 0.25) is 0 Å². The quantitative estimate of drug-likeness (QED) is 0.727. The topological polar surface area (TPSA) is 40.5 Å². The Hall–Kier alpha value is -0.570. The van der Waals surface area contributed by atoms with Crippen molar-refractivity contribution in [3.63, 3.8) is 0 Å². The summed E-state index contributed by atoms with van der Waals surface area (Å²) in [4.78, 5) is 13.8. The van der Waals surface area contributed by atoms with Crippen LogP contribution < -0.4 is 0 Å². The van der Waals surface area contributed by atoms with Gasteiger partial charge in [0.25, 0.3) is 0 Å². The Morgan fingerprint density at radius 1 is 1.38 bits per heavy atom. The molecule has 0 aliphatic heterocycles. The van der Waals surface area contributed by atoms with E-state index in [2.05, 4.69) is 18.7 Å². The van der Waals surface area contributed by atoms with Crippen LogP contribution in [0, 0.1) is 5.92 Å². The second-order valence-corrected chi connectivity index (χ2v) is 5.32. The Kier molecular flexibility index (Phi) is 4.36. The molecule has 0 radical (unpaired) electrons. The Bertz CT molecular complexity index is 242. The molecule has 0 spiro atoms. The van der Waals surface area contributed by atoms with Crippen LogP contribution in [0.3, 0.4) is 0 Å². The first-order chi connectivity index (χ1) is 7.47. The minimum atomic E-state index is -0.648. The van der Waals surface area contributed by atoms with Crippen molar-refractivity contribution in [1.82, 2.24) is 4.90 Å². The Labute approximate surface area is 98.8 Å². The van der Waals surface area contributed by atoms with Crippen LogP contribution in [-0.4, -0.2) is 34.1 Å². The summed E-state index contributed by atoms with van der Waals surface area (Å²) >= 11 is 0. The predicted octanol–water partition coefficient (Wildman–Crippen LogP) is 2.75. The van der Waals surface area contributed by atoms with E-state index in [1.54, 1.807) is 0 Å². The van der Waals surface area contributed by atoms with Crippen LogP contribution >= 0.6 is 0 Å². The Morgan fingerprint density at radius 3 is 2.12 bits per heavy atom. The van der Waals surface area contributed by atoms with Crippen molar-refractivity contribution in [2.24, 2.45) is 5.92 Å². The van der Waals surface area contributed by atoms with Gasteiger partial charge in [0.2, 0.25) is 0 Å². The molecule has 1 aliphatic carbocycles. The second kappa shape index (κ2) is 5.17.